The number of aliphatic hydroxyl groups is 1. The summed E-state index contributed by atoms with van der Waals surface area (Å²) in [6.07, 6.45) is 0. The number of hydrogen-bond donors (Lipinski definition) is 2. The van der Waals surface area contributed by atoms with E-state index in [1.54, 1.807) is 0 Å². The molecule has 90 valence electrons. The summed E-state index contributed by atoms with van der Waals surface area (Å²) in [5.74, 6) is -0.00961. The fraction of sp³-hybridized carbons (Fsp3) is 0.545. The van der Waals surface area contributed by atoms with Gasteiger partial charge >= 0.3 is 0 Å². The predicted octanol–water partition coefficient (Wildman–Crippen LogP) is 1.54. The van der Waals surface area contributed by atoms with Gasteiger partial charge in [-0.05, 0) is 18.2 Å². The minimum absolute atomic E-state index is 0.00961. The van der Waals surface area contributed by atoms with Crippen LogP contribution >= 0.6 is 11.3 Å². The van der Waals surface area contributed by atoms with Crippen LogP contribution in [0.4, 0.5) is 0 Å². The molecule has 2 N–H and O–H groups in total. The molecule has 0 aliphatic carbocycles. The molecule has 0 spiro atoms. The van der Waals surface area contributed by atoms with Crippen LogP contribution in [0.3, 0.4) is 0 Å². The maximum Gasteiger partial charge on any atom is 0.261 e. The van der Waals surface area contributed by atoms with Crippen molar-refractivity contribution in [3.8, 4) is 0 Å². The van der Waals surface area contributed by atoms with Crippen molar-refractivity contribution in [2.45, 2.75) is 33.2 Å². The van der Waals surface area contributed by atoms with Crippen molar-refractivity contribution in [3.63, 3.8) is 0 Å². The summed E-state index contributed by atoms with van der Waals surface area (Å²) in [5.41, 5.74) is 0. The second-order valence-corrected chi connectivity index (χ2v) is 10.9. The zero-order valence-electron chi connectivity index (χ0n) is 10.3. The quantitative estimate of drug-likeness (QED) is 0.804. The predicted molar refractivity (Wildman–Crippen MR) is 71.2 cm³/mol. The van der Waals surface area contributed by atoms with Gasteiger partial charge in [0, 0.05) is 11.4 Å². The Bertz CT molecular complexity index is 382. The second-order valence-electron chi connectivity index (χ2n) is 4.72. The summed E-state index contributed by atoms with van der Waals surface area (Å²) in [5, 5.41) is 13.1. The molecule has 1 amide bonds. The molecule has 1 heterocycles. The number of hydrogen-bond acceptors (Lipinski definition) is 3. The first-order valence-corrected chi connectivity index (χ1v) is 9.74. The van der Waals surface area contributed by atoms with Crippen molar-refractivity contribution in [1.82, 2.24) is 5.32 Å². The Hall–Kier alpha value is -0.653. The summed E-state index contributed by atoms with van der Waals surface area (Å²) in [4.78, 5) is 13.5. The smallest absolute Gasteiger partial charge is 0.261 e. The van der Waals surface area contributed by atoms with Crippen molar-refractivity contribution in [3.05, 3.63) is 15.8 Å². The van der Waals surface area contributed by atoms with Gasteiger partial charge in [0.15, 0.2) is 0 Å². The van der Waals surface area contributed by atoms with Gasteiger partial charge in [-0.2, -0.15) is 0 Å². The fourth-order valence-corrected chi connectivity index (χ4v) is 4.90. The summed E-state index contributed by atoms with van der Waals surface area (Å²) < 4.78 is 0. The molecule has 0 atom stereocenters. The molecule has 0 aliphatic heterocycles. The fourth-order valence-electron chi connectivity index (χ4n) is 1.49. The Morgan fingerprint density at radius 2 is 2.12 bits per heavy atom. The zero-order valence-corrected chi connectivity index (χ0v) is 12.1. The van der Waals surface area contributed by atoms with Crippen LogP contribution in [0.25, 0.3) is 0 Å². The van der Waals surface area contributed by atoms with Crippen LogP contribution < -0.4 is 10.5 Å². The number of carbonyl (C=O) groups excluding carboxylic acids is 1. The largest absolute Gasteiger partial charge is 0.391 e. The lowest BCUT2D eigenvalue weighted by atomic mass is 10.4. The van der Waals surface area contributed by atoms with Crippen molar-refractivity contribution < 1.29 is 9.90 Å². The van der Waals surface area contributed by atoms with Gasteiger partial charge in [-0.25, -0.2) is 0 Å². The number of carbonyl (C=O) groups is 1. The Morgan fingerprint density at radius 3 is 2.56 bits per heavy atom. The zero-order chi connectivity index (χ0) is 12.3. The summed E-state index contributed by atoms with van der Waals surface area (Å²) in [6, 6.07) is 1.99. The summed E-state index contributed by atoms with van der Waals surface area (Å²) in [6.45, 7) is 9.18. The van der Waals surface area contributed by atoms with E-state index in [1.807, 2.05) is 13.0 Å². The van der Waals surface area contributed by atoms with Crippen LogP contribution in [0.5, 0.6) is 0 Å². The summed E-state index contributed by atoms with van der Waals surface area (Å²) >= 11 is 1.41. The molecule has 3 nitrogen and oxygen atoms in total. The average molecular weight is 257 g/mol. The highest BCUT2D eigenvalue weighted by atomic mass is 32.1. The van der Waals surface area contributed by atoms with Gasteiger partial charge in [-0.1, -0.05) is 19.6 Å². The first kappa shape index (κ1) is 13.4. The Kier molecular flexibility index (Phi) is 4.29. The van der Waals surface area contributed by atoms with Gasteiger partial charge in [-0.3, -0.25) is 4.79 Å². The molecule has 0 saturated heterocycles. The number of rotatable bonds is 4. The van der Waals surface area contributed by atoms with Crippen molar-refractivity contribution in [2.24, 2.45) is 0 Å². The third-order valence-corrected chi connectivity index (χ3v) is 5.60. The number of nitrogens with one attached hydrogen (secondary N) is 1. The van der Waals surface area contributed by atoms with E-state index in [2.05, 4.69) is 25.0 Å². The molecule has 0 fully saturated rings. The highest BCUT2D eigenvalue weighted by molar-refractivity contribution is 7.16. The van der Waals surface area contributed by atoms with Gasteiger partial charge in [0.25, 0.3) is 5.91 Å². The topological polar surface area (TPSA) is 49.3 Å². The molecular weight excluding hydrogens is 238 g/mol. The van der Waals surface area contributed by atoms with Crippen LogP contribution in [0.1, 0.15) is 21.5 Å². The van der Waals surface area contributed by atoms with Gasteiger partial charge in [0.05, 0.1) is 19.6 Å². The first-order valence-electron chi connectivity index (χ1n) is 5.42. The van der Waals surface area contributed by atoms with Gasteiger partial charge < -0.3 is 10.4 Å². The third-order valence-electron chi connectivity index (χ3n) is 2.29. The molecule has 5 heteroatoms. The van der Waals surface area contributed by atoms with E-state index in [1.165, 1.54) is 11.3 Å². The van der Waals surface area contributed by atoms with E-state index in [9.17, 15) is 4.79 Å². The molecule has 0 radical (unpaired) electrons. The number of amides is 1. The minimum Gasteiger partial charge on any atom is -0.391 e. The van der Waals surface area contributed by atoms with Crippen LogP contribution in [0.15, 0.2) is 6.07 Å². The lowest BCUT2D eigenvalue weighted by Gasteiger charge is -2.16. The number of thiophene rings is 1. The van der Waals surface area contributed by atoms with E-state index in [0.717, 1.165) is 14.9 Å². The molecule has 0 unspecified atom stereocenters. The third kappa shape index (κ3) is 2.93. The highest BCUT2D eigenvalue weighted by Gasteiger charge is 2.26. The normalized spacial score (nSPS) is 11.6. The Labute approximate surface area is 102 Å². The molecular formula is C11H19NO2SSi. The molecule has 0 aromatic carbocycles. The lowest BCUT2D eigenvalue weighted by Crippen LogP contribution is -2.41. The standard InChI is InChI=1S/C11H19NO2SSi/c1-5-12-11(14)10-9(16(2,3)4)6-8(7-13)15-10/h6,13H,5,7H2,1-4H3,(H,12,14). The van der Waals surface area contributed by atoms with E-state index >= 15 is 0 Å². The van der Waals surface area contributed by atoms with Crippen molar-refractivity contribution in [1.29, 1.82) is 0 Å². The monoisotopic (exact) mass is 257 g/mol. The Morgan fingerprint density at radius 1 is 1.50 bits per heavy atom. The van der Waals surface area contributed by atoms with Crippen LogP contribution in [0.2, 0.25) is 19.6 Å². The molecule has 1 aromatic rings. The molecule has 0 saturated carbocycles. The molecule has 0 aliphatic rings. The SMILES string of the molecule is CCNC(=O)c1sc(CO)cc1[Si](C)(C)C. The van der Waals surface area contributed by atoms with Gasteiger partial charge in [0.1, 0.15) is 0 Å². The highest BCUT2D eigenvalue weighted by Crippen LogP contribution is 2.19. The first-order chi connectivity index (χ1) is 7.40. The maximum absolute atomic E-state index is 11.9. The number of aliphatic hydroxyl groups excluding tert-OH is 1. The van der Waals surface area contributed by atoms with E-state index < -0.39 is 8.07 Å². The molecule has 16 heavy (non-hydrogen) atoms. The Balaban J connectivity index is 3.15. The van der Waals surface area contributed by atoms with Crippen LogP contribution in [-0.2, 0) is 6.61 Å². The molecule has 0 bridgehead atoms. The van der Waals surface area contributed by atoms with Crippen LogP contribution in [-0.4, -0.2) is 25.6 Å². The van der Waals surface area contributed by atoms with Gasteiger partial charge in [-0.15, -0.1) is 11.3 Å². The average Bonchev–Trinajstić information content (AvgIpc) is 2.61. The van der Waals surface area contributed by atoms with Crippen molar-refractivity contribution in [2.75, 3.05) is 6.54 Å². The minimum atomic E-state index is -1.53. The van der Waals surface area contributed by atoms with Crippen LogP contribution in [0, 0.1) is 0 Å². The maximum atomic E-state index is 11.9. The van der Waals surface area contributed by atoms with E-state index in [4.69, 9.17) is 5.11 Å². The van der Waals surface area contributed by atoms with E-state index in [0.29, 0.717) is 6.54 Å². The summed E-state index contributed by atoms with van der Waals surface area (Å²) in [7, 11) is -1.53. The lowest BCUT2D eigenvalue weighted by molar-refractivity contribution is 0.0961. The molecule has 1 rings (SSSR count). The molecule has 1 aromatic heterocycles. The van der Waals surface area contributed by atoms with Gasteiger partial charge in [0.2, 0.25) is 0 Å². The van der Waals surface area contributed by atoms with E-state index in [-0.39, 0.29) is 12.5 Å². The second kappa shape index (κ2) is 5.12. The van der Waals surface area contributed by atoms with Crippen molar-refractivity contribution >= 4 is 30.5 Å².